The molecule has 0 atom stereocenters. The van der Waals surface area contributed by atoms with Crippen LogP contribution in [-0.2, 0) is 6.42 Å². The summed E-state index contributed by atoms with van der Waals surface area (Å²) in [5.41, 5.74) is 1.12. The van der Waals surface area contributed by atoms with Crippen molar-refractivity contribution in [3.63, 3.8) is 0 Å². The number of rotatable bonds is 4. The third-order valence-corrected chi connectivity index (χ3v) is 5.42. The summed E-state index contributed by atoms with van der Waals surface area (Å²) in [7, 11) is 0. The molecule has 0 radical (unpaired) electrons. The maximum atomic E-state index is 13.3. The molecular formula is C22H17NO5S. The molecule has 0 saturated heterocycles. The first kappa shape index (κ1) is 18.9. The zero-order valence-electron chi connectivity index (χ0n) is 15.8. The number of thiazole rings is 1. The van der Waals surface area contributed by atoms with Crippen LogP contribution in [0.2, 0.25) is 0 Å². The van der Waals surface area contributed by atoms with Crippen LogP contribution in [-0.4, -0.2) is 16.1 Å². The highest BCUT2D eigenvalue weighted by atomic mass is 32.1. The Morgan fingerprint density at radius 2 is 2.00 bits per heavy atom. The Balaban J connectivity index is 1.96. The van der Waals surface area contributed by atoms with Crippen LogP contribution in [0, 0.1) is 6.92 Å². The summed E-state index contributed by atoms with van der Waals surface area (Å²) in [6, 6.07) is 11.5. The predicted molar refractivity (Wildman–Crippen MR) is 111 cm³/mol. The fraction of sp³-hybridized carbons (Fsp3) is 0.136. The van der Waals surface area contributed by atoms with Crippen LogP contribution < -0.4 is 10.2 Å². The molecule has 146 valence electrons. The normalized spacial score (nSPS) is 11.0. The van der Waals surface area contributed by atoms with Crippen molar-refractivity contribution in [1.82, 2.24) is 4.98 Å². The topological polar surface area (TPSA) is 89.6 Å². The third-order valence-electron chi connectivity index (χ3n) is 4.44. The maximum absolute atomic E-state index is 13.3. The number of carbonyl (C=O) groups is 1. The molecule has 0 unspecified atom stereocenters. The molecule has 6 nitrogen and oxygen atoms in total. The van der Waals surface area contributed by atoms with Crippen molar-refractivity contribution in [2.24, 2.45) is 0 Å². The molecule has 0 bridgehead atoms. The summed E-state index contributed by atoms with van der Waals surface area (Å²) >= 11 is 1.25. The fourth-order valence-electron chi connectivity index (χ4n) is 3.01. The smallest absolute Gasteiger partial charge is 0.380 e. The van der Waals surface area contributed by atoms with Crippen molar-refractivity contribution in [3.8, 4) is 22.1 Å². The van der Waals surface area contributed by atoms with Gasteiger partial charge < -0.3 is 14.3 Å². The Kier molecular flexibility index (Phi) is 4.90. The van der Waals surface area contributed by atoms with E-state index in [1.165, 1.54) is 17.4 Å². The lowest BCUT2D eigenvalue weighted by Crippen LogP contribution is -2.17. The van der Waals surface area contributed by atoms with E-state index >= 15 is 0 Å². The number of nitrogens with zero attached hydrogens (tertiary/aromatic N) is 1. The van der Waals surface area contributed by atoms with Crippen LogP contribution in [0.3, 0.4) is 0 Å². The zero-order chi connectivity index (χ0) is 20.5. The lowest BCUT2D eigenvalue weighted by Gasteiger charge is -2.10. The van der Waals surface area contributed by atoms with Crippen LogP contribution >= 0.6 is 11.3 Å². The molecule has 0 fully saturated rings. The van der Waals surface area contributed by atoms with E-state index in [0.29, 0.717) is 22.7 Å². The largest absolute Gasteiger partial charge is 0.508 e. The molecule has 4 rings (SSSR count). The maximum Gasteiger partial charge on any atom is 0.380 e. The molecule has 0 amide bonds. The Bertz CT molecular complexity index is 1270. The molecule has 29 heavy (non-hydrogen) atoms. The van der Waals surface area contributed by atoms with Gasteiger partial charge in [0.1, 0.15) is 27.7 Å². The molecule has 7 heteroatoms. The quantitative estimate of drug-likeness (QED) is 0.389. The zero-order valence-corrected chi connectivity index (χ0v) is 16.6. The number of benzene rings is 2. The van der Waals surface area contributed by atoms with Crippen molar-refractivity contribution in [3.05, 3.63) is 75.1 Å². The van der Waals surface area contributed by atoms with Crippen molar-refractivity contribution in [2.75, 3.05) is 0 Å². The average molecular weight is 407 g/mol. The molecule has 0 spiro atoms. The molecular weight excluding hydrogens is 390 g/mol. The molecule has 2 aromatic heterocycles. The lowest BCUT2D eigenvalue weighted by atomic mass is 10.1. The molecule has 0 saturated carbocycles. The molecule has 2 heterocycles. The van der Waals surface area contributed by atoms with Crippen molar-refractivity contribution in [2.45, 2.75) is 20.3 Å². The molecule has 1 N–H and O–H groups in total. The van der Waals surface area contributed by atoms with E-state index < -0.39 is 11.4 Å². The van der Waals surface area contributed by atoms with Crippen LogP contribution in [0.1, 0.15) is 28.7 Å². The number of hydrogen-bond acceptors (Lipinski definition) is 7. The minimum atomic E-state index is -0.808. The highest BCUT2D eigenvalue weighted by molar-refractivity contribution is 7.13. The van der Waals surface area contributed by atoms with Gasteiger partial charge in [-0.15, -0.1) is 11.3 Å². The minimum absolute atomic E-state index is 0.00312. The standard InChI is InChI=1S/C22H17NO5S/c1-3-13-9-15-17(10-16(13)24)28-20(22(26)27-14-7-5-4-6-8-14)18(19(15)25)21-23-12(2)11-29-21/h4-11,24H,3H2,1-2H3. The number of esters is 1. The average Bonchev–Trinajstić information content (AvgIpc) is 3.14. The second kappa shape index (κ2) is 7.52. The van der Waals surface area contributed by atoms with Gasteiger partial charge in [-0.3, -0.25) is 4.79 Å². The molecule has 2 aromatic carbocycles. The number of ether oxygens (including phenoxy) is 1. The number of phenolic OH excluding ortho intramolecular Hbond substituents is 1. The Labute approximate surface area is 170 Å². The number of aromatic hydroxyl groups is 1. The van der Waals surface area contributed by atoms with Crippen LogP contribution in [0.25, 0.3) is 21.5 Å². The number of fused-ring (bicyclic) bond motifs is 1. The first-order valence-electron chi connectivity index (χ1n) is 9.00. The van der Waals surface area contributed by atoms with Crippen LogP contribution in [0.5, 0.6) is 11.5 Å². The van der Waals surface area contributed by atoms with Crippen molar-refractivity contribution < 1.29 is 19.1 Å². The molecule has 0 aliphatic rings. The van der Waals surface area contributed by atoms with Gasteiger partial charge in [0.15, 0.2) is 0 Å². The predicted octanol–water partition coefficient (Wildman–Crippen LogP) is 4.71. The van der Waals surface area contributed by atoms with Crippen molar-refractivity contribution in [1.29, 1.82) is 0 Å². The van der Waals surface area contributed by atoms with Gasteiger partial charge in [-0.1, -0.05) is 25.1 Å². The summed E-state index contributed by atoms with van der Waals surface area (Å²) < 4.78 is 11.2. The van der Waals surface area contributed by atoms with E-state index in [1.54, 1.807) is 48.7 Å². The van der Waals surface area contributed by atoms with Gasteiger partial charge >= 0.3 is 5.97 Å². The van der Waals surface area contributed by atoms with Gasteiger partial charge in [0.05, 0.1) is 5.39 Å². The van der Waals surface area contributed by atoms with E-state index in [1.807, 2.05) is 6.92 Å². The monoisotopic (exact) mass is 407 g/mol. The number of aromatic nitrogens is 1. The van der Waals surface area contributed by atoms with Gasteiger partial charge in [-0.05, 0) is 37.1 Å². The van der Waals surface area contributed by atoms with Gasteiger partial charge in [0.25, 0.3) is 0 Å². The second-order valence-corrected chi connectivity index (χ2v) is 7.32. The lowest BCUT2D eigenvalue weighted by molar-refractivity contribution is 0.0703. The summed E-state index contributed by atoms with van der Waals surface area (Å²) in [5, 5.41) is 12.6. The van der Waals surface area contributed by atoms with Gasteiger partial charge in [0, 0.05) is 17.1 Å². The number of para-hydroxylation sites is 1. The summed E-state index contributed by atoms with van der Waals surface area (Å²) in [6.45, 7) is 3.68. The summed E-state index contributed by atoms with van der Waals surface area (Å²) in [6.07, 6.45) is 0.546. The third kappa shape index (κ3) is 3.52. The van der Waals surface area contributed by atoms with Crippen LogP contribution in [0.15, 0.2) is 57.1 Å². The number of phenols is 1. The highest BCUT2D eigenvalue weighted by Crippen LogP contribution is 2.31. The number of hydrogen-bond donors (Lipinski definition) is 1. The number of carbonyl (C=O) groups excluding carboxylic acids is 1. The summed E-state index contributed by atoms with van der Waals surface area (Å²) in [4.78, 5) is 30.6. The molecule has 0 aliphatic heterocycles. The minimum Gasteiger partial charge on any atom is -0.508 e. The van der Waals surface area contributed by atoms with E-state index in [2.05, 4.69) is 4.98 Å². The van der Waals surface area contributed by atoms with E-state index in [-0.39, 0.29) is 28.0 Å². The second-order valence-electron chi connectivity index (χ2n) is 6.46. The fourth-order valence-corrected chi connectivity index (χ4v) is 3.84. The first-order chi connectivity index (χ1) is 14.0. The van der Waals surface area contributed by atoms with Gasteiger partial charge in [0.2, 0.25) is 11.2 Å². The Morgan fingerprint density at radius 3 is 2.66 bits per heavy atom. The molecule has 0 aliphatic carbocycles. The van der Waals surface area contributed by atoms with Crippen molar-refractivity contribution >= 4 is 28.3 Å². The number of aryl methyl sites for hydroxylation is 2. The van der Waals surface area contributed by atoms with E-state index in [0.717, 1.165) is 5.69 Å². The summed E-state index contributed by atoms with van der Waals surface area (Å²) in [5.74, 6) is -0.726. The Morgan fingerprint density at radius 1 is 1.24 bits per heavy atom. The van der Waals surface area contributed by atoms with E-state index in [4.69, 9.17) is 9.15 Å². The van der Waals surface area contributed by atoms with Crippen LogP contribution in [0.4, 0.5) is 0 Å². The van der Waals surface area contributed by atoms with Gasteiger partial charge in [-0.25, -0.2) is 9.78 Å². The highest BCUT2D eigenvalue weighted by Gasteiger charge is 2.26. The molecule has 4 aromatic rings. The van der Waals surface area contributed by atoms with E-state index in [9.17, 15) is 14.7 Å². The Hall–Kier alpha value is -3.45. The van der Waals surface area contributed by atoms with Gasteiger partial charge in [-0.2, -0.15) is 0 Å². The first-order valence-corrected chi connectivity index (χ1v) is 9.88. The SMILES string of the molecule is CCc1cc2c(=O)c(-c3nc(C)cs3)c(C(=O)Oc3ccccc3)oc2cc1O.